The van der Waals surface area contributed by atoms with Gasteiger partial charge in [-0.2, -0.15) is 0 Å². The second-order valence-electron chi connectivity index (χ2n) is 6.81. The van der Waals surface area contributed by atoms with E-state index in [1.165, 1.54) is 0 Å². The third kappa shape index (κ3) is 3.16. The second kappa shape index (κ2) is 6.67. The average Bonchev–Trinajstić information content (AvgIpc) is 2.91. The maximum Gasteiger partial charge on any atom is 0.289 e. The van der Waals surface area contributed by atoms with Crippen molar-refractivity contribution in [3.05, 3.63) is 35.6 Å². The monoisotopic (exact) mass is 328 g/mol. The Morgan fingerprint density at radius 2 is 2.04 bits per heavy atom. The number of nitrogens with one attached hydrogen (secondary N) is 1. The molecule has 0 saturated carbocycles. The van der Waals surface area contributed by atoms with Crippen molar-refractivity contribution in [3.63, 3.8) is 0 Å². The number of nitrogens with zero attached hydrogens (tertiary/aromatic N) is 1. The van der Waals surface area contributed by atoms with Crippen molar-refractivity contribution in [1.29, 1.82) is 0 Å². The van der Waals surface area contributed by atoms with Crippen LogP contribution in [0, 0.1) is 12.8 Å². The molecule has 1 aliphatic rings. The lowest BCUT2D eigenvalue weighted by Gasteiger charge is -2.32. The van der Waals surface area contributed by atoms with E-state index in [4.69, 9.17) is 4.42 Å². The molecule has 128 valence electrons. The summed E-state index contributed by atoms with van der Waals surface area (Å²) in [5.41, 5.74) is 1.59. The van der Waals surface area contributed by atoms with Gasteiger partial charge in [0.05, 0.1) is 5.92 Å². The van der Waals surface area contributed by atoms with Gasteiger partial charge in [-0.3, -0.25) is 9.59 Å². The van der Waals surface area contributed by atoms with E-state index < -0.39 is 0 Å². The van der Waals surface area contributed by atoms with Gasteiger partial charge in [0, 0.05) is 30.1 Å². The summed E-state index contributed by atoms with van der Waals surface area (Å²) < 4.78 is 5.78. The van der Waals surface area contributed by atoms with Crippen LogP contribution in [0.5, 0.6) is 0 Å². The number of amides is 2. The number of carbonyl (C=O) groups is 2. The minimum atomic E-state index is -0.144. The Bertz CT molecular complexity index is 763. The van der Waals surface area contributed by atoms with Gasteiger partial charge in [0.2, 0.25) is 5.91 Å². The molecule has 24 heavy (non-hydrogen) atoms. The topological polar surface area (TPSA) is 62.6 Å². The van der Waals surface area contributed by atoms with Crippen LogP contribution in [0.3, 0.4) is 0 Å². The molecule has 1 saturated heterocycles. The molecule has 3 rings (SSSR count). The fourth-order valence-corrected chi connectivity index (χ4v) is 3.30. The van der Waals surface area contributed by atoms with Crippen molar-refractivity contribution in [3.8, 4) is 0 Å². The summed E-state index contributed by atoms with van der Waals surface area (Å²) in [5, 5.41) is 3.91. The van der Waals surface area contributed by atoms with Gasteiger partial charge in [0.1, 0.15) is 5.58 Å². The van der Waals surface area contributed by atoms with Gasteiger partial charge < -0.3 is 14.6 Å². The van der Waals surface area contributed by atoms with Crippen molar-refractivity contribution >= 4 is 22.8 Å². The van der Waals surface area contributed by atoms with E-state index in [0.717, 1.165) is 29.4 Å². The van der Waals surface area contributed by atoms with Crippen molar-refractivity contribution in [2.75, 3.05) is 13.1 Å². The lowest BCUT2D eigenvalue weighted by atomic mass is 9.96. The Kier molecular flexibility index (Phi) is 4.60. The number of hydrogen-bond acceptors (Lipinski definition) is 3. The van der Waals surface area contributed by atoms with Crippen LogP contribution in [-0.4, -0.2) is 35.8 Å². The Balaban J connectivity index is 1.78. The van der Waals surface area contributed by atoms with E-state index in [0.29, 0.717) is 18.8 Å². The minimum absolute atomic E-state index is 0.0313. The van der Waals surface area contributed by atoms with E-state index in [9.17, 15) is 9.59 Å². The van der Waals surface area contributed by atoms with Crippen LogP contribution < -0.4 is 5.32 Å². The molecule has 2 aromatic rings. The second-order valence-corrected chi connectivity index (χ2v) is 6.81. The molecule has 1 aromatic carbocycles. The maximum atomic E-state index is 12.9. The summed E-state index contributed by atoms with van der Waals surface area (Å²) in [6, 6.07) is 7.77. The Morgan fingerprint density at radius 1 is 1.29 bits per heavy atom. The first kappa shape index (κ1) is 16.6. The first-order chi connectivity index (χ1) is 11.5. The molecular weight excluding hydrogens is 304 g/mol. The molecule has 0 radical (unpaired) electrons. The normalized spacial score (nSPS) is 18.2. The molecule has 0 unspecified atom stereocenters. The number of benzene rings is 1. The minimum Gasteiger partial charge on any atom is -0.451 e. The molecule has 0 aliphatic carbocycles. The highest BCUT2D eigenvalue weighted by Gasteiger charge is 2.31. The Morgan fingerprint density at radius 3 is 2.75 bits per heavy atom. The van der Waals surface area contributed by atoms with Crippen LogP contribution >= 0.6 is 0 Å². The highest BCUT2D eigenvalue weighted by atomic mass is 16.3. The summed E-state index contributed by atoms with van der Waals surface area (Å²) >= 11 is 0. The van der Waals surface area contributed by atoms with Crippen molar-refractivity contribution in [2.45, 2.75) is 39.7 Å². The fourth-order valence-electron chi connectivity index (χ4n) is 3.30. The molecule has 1 aliphatic heterocycles. The third-order valence-electron chi connectivity index (χ3n) is 4.55. The molecule has 5 heteroatoms. The molecular formula is C19H24N2O3. The maximum absolute atomic E-state index is 12.9. The highest BCUT2D eigenvalue weighted by Crippen LogP contribution is 2.27. The van der Waals surface area contributed by atoms with Crippen LogP contribution in [0.2, 0.25) is 0 Å². The molecule has 2 amide bonds. The number of piperidine rings is 1. The molecule has 2 heterocycles. The number of aryl methyl sites for hydroxylation is 1. The van der Waals surface area contributed by atoms with E-state index >= 15 is 0 Å². The molecule has 1 N–H and O–H groups in total. The van der Waals surface area contributed by atoms with Gasteiger partial charge in [0.25, 0.3) is 5.91 Å². The SMILES string of the molecule is Cc1c(C(=O)N2CCC[C@H](C(=O)NC(C)C)C2)oc2ccccc12. The zero-order valence-corrected chi connectivity index (χ0v) is 14.5. The smallest absolute Gasteiger partial charge is 0.289 e. The van der Waals surface area contributed by atoms with E-state index in [1.807, 2.05) is 45.0 Å². The largest absolute Gasteiger partial charge is 0.451 e. The summed E-state index contributed by atoms with van der Waals surface area (Å²) in [6.45, 7) is 6.92. The summed E-state index contributed by atoms with van der Waals surface area (Å²) in [6.07, 6.45) is 1.66. The van der Waals surface area contributed by atoms with E-state index in [1.54, 1.807) is 4.90 Å². The molecule has 1 aromatic heterocycles. The van der Waals surface area contributed by atoms with Crippen LogP contribution in [0.15, 0.2) is 28.7 Å². The lowest BCUT2D eigenvalue weighted by Crippen LogP contribution is -2.46. The number of hydrogen-bond donors (Lipinski definition) is 1. The van der Waals surface area contributed by atoms with E-state index in [-0.39, 0.29) is 23.8 Å². The number of likely N-dealkylation sites (tertiary alicyclic amines) is 1. The summed E-state index contributed by atoms with van der Waals surface area (Å²) in [5.74, 6) is 0.158. The molecule has 0 bridgehead atoms. The third-order valence-corrected chi connectivity index (χ3v) is 4.55. The number of para-hydroxylation sites is 1. The van der Waals surface area contributed by atoms with Gasteiger partial charge in [0.15, 0.2) is 5.76 Å². The first-order valence-electron chi connectivity index (χ1n) is 8.55. The zero-order chi connectivity index (χ0) is 17.3. The first-order valence-corrected chi connectivity index (χ1v) is 8.55. The molecule has 1 atom stereocenters. The fraction of sp³-hybridized carbons (Fsp3) is 0.474. The van der Waals surface area contributed by atoms with Gasteiger partial charge in [-0.15, -0.1) is 0 Å². The van der Waals surface area contributed by atoms with Gasteiger partial charge in [-0.05, 0) is 39.7 Å². The van der Waals surface area contributed by atoms with Crippen molar-refractivity contribution in [1.82, 2.24) is 10.2 Å². The van der Waals surface area contributed by atoms with E-state index in [2.05, 4.69) is 5.32 Å². The van der Waals surface area contributed by atoms with Crippen molar-refractivity contribution in [2.24, 2.45) is 5.92 Å². The number of fused-ring (bicyclic) bond motifs is 1. The van der Waals surface area contributed by atoms with Crippen LogP contribution in [0.1, 0.15) is 42.8 Å². The quantitative estimate of drug-likeness (QED) is 0.941. The summed E-state index contributed by atoms with van der Waals surface area (Å²) in [7, 11) is 0. The van der Waals surface area contributed by atoms with Crippen molar-refractivity contribution < 1.29 is 14.0 Å². The summed E-state index contributed by atoms with van der Waals surface area (Å²) in [4.78, 5) is 26.9. The van der Waals surface area contributed by atoms with Gasteiger partial charge in [-0.1, -0.05) is 18.2 Å². The Hall–Kier alpha value is -2.30. The average molecular weight is 328 g/mol. The zero-order valence-electron chi connectivity index (χ0n) is 14.5. The molecule has 0 spiro atoms. The molecule has 1 fully saturated rings. The number of furan rings is 1. The molecule has 5 nitrogen and oxygen atoms in total. The standard InChI is InChI=1S/C19H24N2O3/c1-12(2)20-18(22)14-7-6-10-21(11-14)19(23)17-13(3)15-8-4-5-9-16(15)24-17/h4-5,8-9,12,14H,6-7,10-11H2,1-3H3,(H,20,22)/t14-/m0/s1. The highest BCUT2D eigenvalue weighted by molar-refractivity contribution is 5.99. The van der Waals surface area contributed by atoms with Gasteiger partial charge >= 0.3 is 0 Å². The number of rotatable bonds is 3. The Labute approximate surface area is 142 Å². The predicted molar refractivity (Wildman–Crippen MR) is 92.9 cm³/mol. The van der Waals surface area contributed by atoms with Crippen LogP contribution in [0.4, 0.5) is 0 Å². The van der Waals surface area contributed by atoms with Crippen LogP contribution in [-0.2, 0) is 4.79 Å². The van der Waals surface area contributed by atoms with Gasteiger partial charge in [-0.25, -0.2) is 0 Å². The lowest BCUT2D eigenvalue weighted by molar-refractivity contribution is -0.126. The predicted octanol–water partition coefficient (Wildman–Crippen LogP) is 3.12. The van der Waals surface area contributed by atoms with Crippen LogP contribution in [0.25, 0.3) is 11.0 Å². The number of carbonyl (C=O) groups excluding carboxylic acids is 2.